The molecule has 0 aliphatic heterocycles. The average Bonchev–Trinajstić information content (AvgIpc) is 2.50. The minimum absolute atomic E-state index is 0. The van der Waals surface area contributed by atoms with Gasteiger partial charge in [-0.15, -0.1) is 0 Å². The molecule has 3 rings (SSSR count). The van der Waals surface area contributed by atoms with Crippen LogP contribution in [0.15, 0.2) is 45.6 Å². The number of hydrogen-bond donors (Lipinski definition) is 3. The van der Waals surface area contributed by atoms with Crippen molar-refractivity contribution >= 4 is 11.0 Å². The second-order valence-corrected chi connectivity index (χ2v) is 4.68. The molecule has 0 spiro atoms. The van der Waals surface area contributed by atoms with E-state index in [-0.39, 0.29) is 73.9 Å². The molecular weight excluding hydrogens is 327 g/mol. The summed E-state index contributed by atoms with van der Waals surface area (Å²) in [6.07, 6.45) is 0. The van der Waals surface area contributed by atoms with E-state index in [0.717, 1.165) is 6.07 Å². The van der Waals surface area contributed by atoms with Crippen LogP contribution in [-0.2, 0) is 0 Å². The molecule has 3 aromatic rings. The van der Waals surface area contributed by atoms with Gasteiger partial charge in [0.05, 0.1) is 7.11 Å². The van der Waals surface area contributed by atoms with Gasteiger partial charge in [0.25, 0.3) is 0 Å². The van der Waals surface area contributed by atoms with Crippen molar-refractivity contribution in [1.82, 2.24) is 0 Å². The molecule has 3 N–H and O–H groups in total. The SMILES string of the molecule is COc1ccc(-c2oc3cc(O)cc(O)c3c(=O)c2O)cc1.[K+]. The van der Waals surface area contributed by atoms with Gasteiger partial charge in [-0.05, 0) is 24.3 Å². The van der Waals surface area contributed by atoms with E-state index in [1.165, 1.54) is 13.2 Å². The number of phenols is 2. The Labute approximate surface area is 173 Å². The fourth-order valence-corrected chi connectivity index (χ4v) is 2.21. The van der Waals surface area contributed by atoms with Gasteiger partial charge in [0.2, 0.25) is 11.2 Å². The van der Waals surface area contributed by atoms with Gasteiger partial charge >= 0.3 is 51.4 Å². The molecule has 112 valence electrons. The molecule has 0 saturated carbocycles. The van der Waals surface area contributed by atoms with Crippen molar-refractivity contribution in [3.8, 4) is 34.3 Å². The standard InChI is InChI=1S/C16H12O6.K/c1-21-10-4-2-8(3-5-10)16-15(20)14(19)13-11(18)6-9(17)7-12(13)22-16;/h2-7,17-18,20H,1H3;/q;+1. The van der Waals surface area contributed by atoms with Crippen molar-refractivity contribution in [3.63, 3.8) is 0 Å². The van der Waals surface area contributed by atoms with E-state index in [4.69, 9.17) is 9.15 Å². The minimum Gasteiger partial charge on any atom is -0.508 e. The number of ether oxygens (including phenoxy) is 1. The third-order valence-corrected chi connectivity index (χ3v) is 3.29. The second-order valence-electron chi connectivity index (χ2n) is 4.68. The first-order valence-electron chi connectivity index (χ1n) is 6.37. The van der Waals surface area contributed by atoms with Crippen LogP contribution >= 0.6 is 0 Å². The van der Waals surface area contributed by atoms with Gasteiger partial charge in [-0.1, -0.05) is 0 Å². The first-order chi connectivity index (χ1) is 10.5. The Morgan fingerprint density at radius 3 is 2.30 bits per heavy atom. The monoisotopic (exact) mass is 339 g/mol. The minimum atomic E-state index is -0.774. The van der Waals surface area contributed by atoms with Crippen LogP contribution in [0.4, 0.5) is 0 Å². The number of rotatable bonds is 2. The first kappa shape index (κ1) is 17.8. The van der Waals surface area contributed by atoms with E-state index in [1.54, 1.807) is 24.3 Å². The maximum Gasteiger partial charge on any atom is 1.00 e. The van der Waals surface area contributed by atoms with Gasteiger partial charge in [-0.3, -0.25) is 4.79 Å². The molecule has 0 amide bonds. The predicted molar refractivity (Wildman–Crippen MR) is 79.5 cm³/mol. The van der Waals surface area contributed by atoms with Gasteiger partial charge in [0, 0.05) is 17.7 Å². The molecule has 0 aliphatic rings. The van der Waals surface area contributed by atoms with Crippen LogP contribution in [0.3, 0.4) is 0 Å². The molecule has 0 unspecified atom stereocenters. The number of phenolic OH excluding ortho intramolecular Hbond substituents is 2. The summed E-state index contributed by atoms with van der Waals surface area (Å²) in [4.78, 5) is 12.2. The molecule has 1 heterocycles. The molecule has 23 heavy (non-hydrogen) atoms. The van der Waals surface area contributed by atoms with Crippen molar-refractivity contribution in [2.24, 2.45) is 0 Å². The van der Waals surface area contributed by atoms with Crippen LogP contribution in [0.5, 0.6) is 23.0 Å². The van der Waals surface area contributed by atoms with Crippen LogP contribution in [0, 0.1) is 0 Å². The number of hydrogen-bond acceptors (Lipinski definition) is 6. The van der Waals surface area contributed by atoms with Crippen LogP contribution in [-0.4, -0.2) is 22.4 Å². The molecule has 0 atom stereocenters. The third kappa shape index (κ3) is 3.24. The third-order valence-electron chi connectivity index (χ3n) is 3.29. The maximum atomic E-state index is 12.2. The van der Waals surface area contributed by atoms with E-state index in [1.807, 2.05) is 0 Å². The van der Waals surface area contributed by atoms with E-state index in [2.05, 4.69) is 0 Å². The van der Waals surface area contributed by atoms with Crippen LogP contribution < -0.4 is 61.6 Å². The number of methoxy groups -OCH3 is 1. The normalized spacial score (nSPS) is 10.3. The average molecular weight is 339 g/mol. The summed E-state index contributed by atoms with van der Waals surface area (Å²) in [6.45, 7) is 0. The maximum absolute atomic E-state index is 12.2. The first-order valence-corrected chi connectivity index (χ1v) is 6.37. The molecule has 6 nitrogen and oxygen atoms in total. The molecule has 0 aliphatic carbocycles. The van der Waals surface area contributed by atoms with Gasteiger partial charge < -0.3 is 24.5 Å². The van der Waals surface area contributed by atoms with Crippen molar-refractivity contribution in [3.05, 3.63) is 46.6 Å². The summed E-state index contributed by atoms with van der Waals surface area (Å²) in [5, 5.41) is 29.1. The van der Waals surface area contributed by atoms with E-state index >= 15 is 0 Å². The largest absolute Gasteiger partial charge is 1.00 e. The molecule has 7 heteroatoms. The van der Waals surface area contributed by atoms with Gasteiger partial charge in [-0.2, -0.15) is 0 Å². The summed E-state index contributed by atoms with van der Waals surface area (Å²) in [5.74, 6) is -0.759. The second kappa shape index (κ2) is 6.94. The van der Waals surface area contributed by atoms with Crippen molar-refractivity contribution in [2.75, 3.05) is 7.11 Å². The zero-order chi connectivity index (χ0) is 15.9. The number of benzene rings is 2. The summed E-state index contributed by atoms with van der Waals surface area (Å²) in [6, 6.07) is 8.74. The number of fused-ring (bicyclic) bond motifs is 1. The van der Waals surface area contributed by atoms with E-state index in [9.17, 15) is 20.1 Å². The predicted octanol–water partition coefficient (Wildman–Crippen LogP) is -0.411. The molecule has 2 aromatic carbocycles. The van der Waals surface area contributed by atoms with Crippen molar-refractivity contribution in [1.29, 1.82) is 0 Å². The number of aromatic hydroxyl groups is 3. The quantitative estimate of drug-likeness (QED) is 0.549. The van der Waals surface area contributed by atoms with Crippen LogP contribution in [0.25, 0.3) is 22.3 Å². The summed E-state index contributed by atoms with van der Waals surface area (Å²) in [5.41, 5.74) is -0.337. The van der Waals surface area contributed by atoms with Gasteiger partial charge in [-0.25, -0.2) is 0 Å². The van der Waals surface area contributed by atoms with E-state index < -0.39 is 16.9 Å². The summed E-state index contributed by atoms with van der Waals surface area (Å²) in [7, 11) is 1.52. The zero-order valence-electron chi connectivity index (χ0n) is 12.5. The Hall–Kier alpha value is -1.51. The summed E-state index contributed by atoms with van der Waals surface area (Å²) < 4.78 is 10.5. The Bertz CT molecular complexity index is 914. The molecule has 0 radical (unpaired) electrons. The molecular formula is C16H12KO6+. The molecule has 0 bridgehead atoms. The fourth-order valence-electron chi connectivity index (χ4n) is 2.21. The molecule has 1 aromatic heterocycles. The molecule has 0 saturated heterocycles. The van der Waals surface area contributed by atoms with Crippen molar-refractivity contribution in [2.45, 2.75) is 0 Å². The Balaban J connectivity index is 0.00000192. The smallest absolute Gasteiger partial charge is 0.508 e. The Morgan fingerprint density at radius 1 is 1.04 bits per heavy atom. The van der Waals surface area contributed by atoms with Crippen molar-refractivity contribution < 1.29 is 75.9 Å². The molecule has 0 fully saturated rings. The van der Waals surface area contributed by atoms with Gasteiger partial charge in [0.15, 0.2) is 5.76 Å². The van der Waals surface area contributed by atoms with Crippen LogP contribution in [0.1, 0.15) is 0 Å². The van der Waals surface area contributed by atoms with Crippen LogP contribution in [0.2, 0.25) is 0 Å². The van der Waals surface area contributed by atoms with E-state index in [0.29, 0.717) is 11.3 Å². The zero-order valence-corrected chi connectivity index (χ0v) is 15.7. The topological polar surface area (TPSA) is 100 Å². The Kier molecular flexibility index (Phi) is 5.38. The summed E-state index contributed by atoms with van der Waals surface area (Å²) >= 11 is 0. The Morgan fingerprint density at radius 2 is 1.70 bits per heavy atom. The fraction of sp³-hybridized carbons (Fsp3) is 0.0625. The van der Waals surface area contributed by atoms with Gasteiger partial charge in [0.1, 0.15) is 28.2 Å².